The van der Waals surface area contributed by atoms with E-state index in [1.807, 2.05) is 0 Å². The van der Waals surface area contributed by atoms with E-state index < -0.39 is 16.0 Å². The summed E-state index contributed by atoms with van der Waals surface area (Å²) in [6.45, 7) is 1.98. The Labute approximate surface area is 92.7 Å². The number of carbonyl (C=O) groups is 1. The van der Waals surface area contributed by atoms with Crippen LogP contribution in [0.5, 0.6) is 5.75 Å². The summed E-state index contributed by atoms with van der Waals surface area (Å²) in [6.07, 6.45) is 0. The van der Waals surface area contributed by atoms with Crippen molar-refractivity contribution in [1.29, 1.82) is 0 Å². The van der Waals surface area contributed by atoms with Crippen molar-refractivity contribution in [3.05, 3.63) is 23.8 Å². The van der Waals surface area contributed by atoms with Crippen molar-refractivity contribution in [2.45, 2.75) is 11.8 Å². The van der Waals surface area contributed by atoms with Gasteiger partial charge in [-0.25, -0.2) is 18.4 Å². The molecule has 0 aromatic heterocycles. The molecule has 0 aliphatic carbocycles. The Bertz CT molecular complexity index is 509. The first kappa shape index (κ1) is 12.5. The lowest BCUT2D eigenvalue weighted by Crippen LogP contribution is -2.13. The molecule has 0 aliphatic heterocycles. The van der Waals surface area contributed by atoms with Crippen LogP contribution in [0, 0.1) is 0 Å². The number of nitrogens with two attached hydrogens (primary N) is 1. The fourth-order valence-electron chi connectivity index (χ4n) is 1.13. The first-order chi connectivity index (χ1) is 7.36. The average Bonchev–Trinajstić information content (AvgIpc) is 2.16. The second-order valence-corrected chi connectivity index (χ2v) is 4.50. The molecule has 0 bridgehead atoms. The number of carboxylic acids is 1. The number of rotatable bonds is 4. The zero-order chi connectivity index (χ0) is 12.3. The Kier molecular flexibility index (Phi) is 3.51. The van der Waals surface area contributed by atoms with Gasteiger partial charge in [0.05, 0.1) is 11.5 Å². The molecule has 0 aliphatic rings. The maximum atomic E-state index is 11.0. The normalized spacial score (nSPS) is 11.1. The monoisotopic (exact) mass is 245 g/mol. The molecule has 0 unspecified atom stereocenters. The van der Waals surface area contributed by atoms with Crippen molar-refractivity contribution in [2.24, 2.45) is 5.14 Å². The van der Waals surface area contributed by atoms with Crippen LogP contribution in [0.1, 0.15) is 17.3 Å². The van der Waals surface area contributed by atoms with E-state index in [4.69, 9.17) is 15.0 Å². The molecule has 0 amide bonds. The van der Waals surface area contributed by atoms with Gasteiger partial charge in [0, 0.05) is 0 Å². The predicted octanol–water partition coefficient (Wildman–Crippen LogP) is 0.431. The van der Waals surface area contributed by atoms with E-state index in [-0.39, 0.29) is 22.8 Å². The summed E-state index contributed by atoms with van der Waals surface area (Å²) in [6, 6.07) is 3.45. The highest BCUT2D eigenvalue weighted by Gasteiger charge is 2.16. The van der Waals surface area contributed by atoms with Crippen molar-refractivity contribution in [3.8, 4) is 5.75 Å². The van der Waals surface area contributed by atoms with Gasteiger partial charge in [0.1, 0.15) is 11.3 Å². The molecule has 0 heterocycles. The zero-order valence-corrected chi connectivity index (χ0v) is 9.32. The van der Waals surface area contributed by atoms with Gasteiger partial charge in [-0.15, -0.1) is 0 Å². The summed E-state index contributed by atoms with van der Waals surface area (Å²) in [7, 11) is -3.91. The first-order valence-electron chi connectivity index (χ1n) is 4.39. The quantitative estimate of drug-likeness (QED) is 0.800. The third-order valence-electron chi connectivity index (χ3n) is 1.81. The second-order valence-electron chi connectivity index (χ2n) is 2.94. The SMILES string of the molecule is CCOc1ccc(S(N)(=O)=O)cc1C(=O)O. The van der Waals surface area contributed by atoms with Gasteiger partial charge in [0.25, 0.3) is 0 Å². The minimum Gasteiger partial charge on any atom is -0.493 e. The fourth-order valence-corrected chi connectivity index (χ4v) is 1.67. The highest BCUT2D eigenvalue weighted by Crippen LogP contribution is 2.22. The molecule has 3 N–H and O–H groups in total. The number of ether oxygens (including phenoxy) is 1. The number of carboxylic acid groups (broad SMARTS) is 1. The molecule has 6 nitrogen and oxygen atoms in total. The third kappa shape index (κ3) is 2.71. The van der Waals surface area contributed by atoms with Crippen molar-refractivity contribution in [1.82, 2.24) is 0 Å². The number of hydrogen-bond donors (Lipinski definition) is 2. The molecule has 0 atom stereocenters. The highest BCUT2D eigenvalue weighted by atomic mass is 32.2. The zero-order valence-electron chi connectivity index (χ0n) is 8.50. The Balaban J connectivity index is 3.34. The molecular formula is C9H11NO5S. The number of benzene rings is 1. The van der Waals surface area contributed by atoms with Crippen molar-refractivity contribution in [2.75, 3.05) is 6.61 Å². The van der Waals surface area contributed by atoms with Gasteiger partial charge in [0.2, 0.25) is 10.0 Å². The molecule has 1 aromatic carbocycles. The maximum Gasteiger partial charge on any atom is 0.339 e. The number of aromatic carboxylic acids is 1. The van der Waals surface area contributed by atoms with E-state index in [2.05, 4.69) is 0 Å². The molecule has 0 saturated carbocycles. The lowest BCUT2D eigenvalue weighted by Gasteiger charge is -2.08. The summed E-state index contributed by atoms with van der Waals surface area (Å²) < 4.78 is 27.1. The summed E-state index contributed by atoms with van der Waals surface area (Å²) in [5.41, 5.74) is -0.228. The lowest BCUT2D eigenvalue weighted by atomic mass is 10.2. The lowest BCUT2D eigenvalue weighted by molar-refractivity contribution is 0.0692. The van der Waals surface area contributed by atoms with Crippen LogP contribution in [0.3, 0.4) is 0 Å². The molecule has 7 heteroatoms. The Hall–Kier alpha value is -1.60. The summed E-state index contributed by atoms with van der Waals surface area (Å²) in [5, 5.41) is 13.8. The van der Waals surface area contributed by atoms with Gasteiger partial charge in [-0.05, 0) is 25.1 Å². The first-order valence-corrected chi connectivity index (χ1v) is 5.94. The van der Waals surface area contributed by atoms with Crippen LogP contribution >= 0.6 is 0 Å². The van der Waals surface area contributed by atoms with Gasteiger partial charge in [-0.3, -0.25) is 0 Å². The molecular weight excluding hydrogens is 234 g/mol. The molecule has 0 saturated heterocycles. The van der Waals surface area contributed by atoms with Crippen LogP contribution in [0.15, 0.2) is 23.1 Å². The van der Waals surface area contributed by atoms with Crippen LogP contribution < -0.4 is 9.88 Å². The van der Waals surface area contributed by atoms with Crippen LogP contribution in [0.2, 0.25) is 0 Å². The average molecular weight is 245 g/mol. The van der Waals surface area contributed by atoms with Crippen molar-refractivity contribution in [3.63, 3.8) is 0 Å². The van der Waals surface area contributed by atoms with E-state index in [0.717, 1.165) is 6.07 Å². The topological polar surface area (TPSA) is 107 Å². The summed E-state index contributed by atoms with van der Waals surface area (Å²) in [4.78, 5) is 10.6. The van der Waals surface area contributed by atoms with Crippen LogP contribution in [0.4, 0.5) is 0 Å². The van der Waals surface area contributed by atoms with Gasteiger partial charge < -0.3 is 9.84 Å². The molecule has 0 spiro atoms. The Morgan fingerprint density at radius 1 is 1.50 bits per heavy atom. The van der Waals surface area contributed by atoms with Gasteiger partial charge in [-0.1, -0.05) is 0 Å². The van der Waals surface area contributed by atoms with E-state index in [9.17, 15) is 13.2 Å². The summed E-state index contributed by atoms with van der Waals surface area (Å²) >= 11 is 0. The largest absolute Gasteiger partial charge is 0.493 e. The molecule has 1 rings (SSSR count). The summed E-state index contributed by atoms with van der Waals surface area (Å²) in [5.74, 6) is -1.16. The molecule has 88 valence electrons. The minimum absolute atomic E-state index is 0.113. The van der Waals surface area contributed by atoms with Crippen LogP contribution in [-0.4, -0.2) is 26.1 Å². The van der Waals surface area contributed by atoms with Crippen LogP contribution in [0.25, 0.3) is 0 Å². The standard InChI is InChI=1S/C9H11NO5S/c1-2-15-8-4-3-6(16(10,13)14)5-7(8)9(11)12/h3-5H,2H2,1H3,(H,11,12)(H2,10,13,14). The van der Waals surface area contributed by atoms with Crippen LogP contribution in [-0.2, 0) is 10.0 Å². The number of hydrogen-bond acceptors (Lipinski definition) is 4. The molecule has 0 radical (unpaired) electrons. The Morgan fingerprint density at radius 3 is 2.56 bits per heavy atom. The molecule has 16 heavy (non-hydrogen) atoms. The highest BCUT2D eigenvalue weighted by molar-refractivity contribution is 7.89. The maximum absolute atomic E-state index is 11.0. The van der Waals surface area contributed by atoms with E-state index in [1.54, 1.807) is 6.92 Å². The smallest absolute Gasteiger partial charge is 0.339 e. The van der Waals surface area contributed by atoms with E-state index >= 15 is 0 Å². The molecule has 1 aromatic rings. The second kappa shape index (κ2) is 4.50. The number of sulfonamides is 1. The van der Waals surface area contributed by atoms with E-state index in [1.165, 1.54) is 12.1 Å². The Morgan fingerprint density at radius 2 is 2.12 bits per heavy atom. The van der Waals surface area contributed by atoms with Gasteiger partial charge >= 0.3 is 5.97 Å². The fraction of sp³-hybridized carbons (Fsp3) is 0.222. The van der Waals surface area contributed by atoms with E-state index in [0.29, 0.717) is 0 Å². The molecule has 0 fully saturated rings. The number of primary sulfonamides is 1. The van der Waals surface area contributed by atoms with Crippen molar-refractivity contribution >= 4 is 16.0 Å². The van der Waals surface area contributed by atoms with Gasteiger partial charge in [0.15, 0.2) is 0 Å². The predicted molar refractivity (Wildman–Crippen MR) is 55.9 cm³/mol. The minimum atomic E-state index is -3.91. The third-order valence-corrected chi connectivity index (χ3v) is 2.72. The van der Waals surface area contributed by atoms with Crippen molar-refractivity contribution < 1.29 is 23.1 Å². The van der Waals surface area contributed by atoms with Gasteiger partial charge in [-0.2, -0.15) is 0 Å².